The summed E-state index contributed by atoms with van der Waals surface area (Å²) in [6.45, 7) is -0.429. The number of aliphatic hydroxyl groups excluding tert-OH is 1. The number of ether oxygens (including phenoxy) is 2. The molecule has 1 heterocycles. The first-order valence-corrected chi connectivity index (χ1v) is 6.21. The van der Waals surface area contributed by atoms with Crippen LogP contribution in [0.15, 0.2) is 30.3 Å². The summed E-state index contributed by atoms with van der Waals surface area (Å²) in [5, 5.41) is 9.41. The highest BCUT2D eigenvalue weighted by Gasteiger charge is 2.29. The summed E-state index contributed by atoms with van der Waals surface area (Å²) in [6, 6.07) is 8.99. The number of nitrogens with one attached hydrogen (secondary N) is 1. The first kappa shape index (κ1) is 14.8. The van der Waals surface area contributed by atoms with Crippen molar-refractivity contribution in [3.05, 3.63) is 47.2 Å². The van der Waals surface area contributed by atoms with Gasteiger partial charge in [-0.3, -0.25) is 0 Å². The van der Waals surface area contributed by atoms with Gasteiger partial charge in [0.2, 0.25) is 0 Å². The number of esters is 2. The van der Waals surface area contributed by atoms with Crippen LogP contribution in [-0.2, 0) is 16.1 Å². The average molecular weight is 289 g/mol. The zero-order valence-corrected chi connectivity index (χ0v) is 11.7. The Kier molecular flexibility index (Phi) is 4.39. The zero-order chi connectivity index (χ0) is 15.4. The first-order valence-electron chi connectivity index (χ1n) is 6.21. The molecule has 0 amide bonds. The lowest BCUT2D eigenvalue weighted by atomic mass is 10.0. The van der Waals surface area contributed by atoms with Gasteiger partial charge in [0.05, 0.1) is 37.8 Å². The molecule has 0 aliphatic heterocycles. The molecule has 0 fully saturated rings. The molecule has 6 heteroatoms. The Bertz CT molecular complexity index is 660. The number of rotatable bonds is 4. The molecule has 2 rings (SSSR count). The second-order valence-corrected chi connectivity index (χ2v) is 4.24. The number of aromatic amines is 1. The van der Waals surface area contributed by atoms with E-state index in [9.17, 15) is 14.7 Å². The van der Waals surface area contributed by atoms with Crippen LogP contribution in [0.25, 0.3) is 11.3 Å². The third kappa shape index (κ3) is 2.66. The maximum absolute atomic E-state index is 12.0. The van der Waals surface area contributed by atoms with Crippen LogP contribution in [0.1, 0.15) is 26.4 Å². The van der Waals surface area contributed by atoms with E-state index in [0.29, 0.717) is 11.3 Å². The highest BCUT2D eigenvalue weighted by Crippen LogP contribution is 2.29. The van der Waals surface area contributed by atoms with Gasteiger partial charge in [0.1, 0.15) is 5.56 Å². The highest BCUT2D eigenvalue weighted by molar-refractivity contribution is 6.08. The van der Waals surface area contributed by atoms with Crippen LogP contribution >= 0.6 is 0 Å². The van der Waals surface area contributed by atoms with Crippen molar-refractivity contribution in [2.24, 2.45) is 0 Å². The number of aliphatic hydroxyl groups is 1. The van der Waals surface area contributed by atoms with Gasteiger partial charge in [-0.25, -0.2) is 9.59 Å². The van der Waals surface area contributed by atoms with Gasteiger partial charge in [-0.2, -0.15) is 0 Å². The molecule has 2 aromatic rings. The van der Waals surface area contributed by atoms with Crippen molar-refractivity contribution in [1.82, 2.24) is 4.98 Å². The van der Waals surface area contributed by atoms with Crippen LogP contribution in [0.5, 0.6) is 0 Å². The summed E-state index contributed by atoms with van der Waals surface area (Å²) in [5.41, 5.74) is 1.36. The fourth-order valence-electron chi connectivity index (χ4n) is 2.13. The Balaban J connectivity index is 2.73. The van der Waals surface area contributed by atoms with Gasteiger partial charge in [0.15, 0.2) is 0 Å². The molecular formula is C15H15NO5. The van der Waals surface area contributed by atoms with Gasteiger partial charge < -0.3 is 19.6 Å². The van der Waals surface area contributed by atoms with Gasteiger partial charge >= 0.3 is 11.9 Å². The lowest BCUT2D eigenvalue weighted by Gasteiger charge is -2.05. The second kappa shape index (κ2) is 6.23. The fraction of sp³-hybridized carbons (Fsp3) is 0.200. The van der Waals surface area contributed by atoms with Crippen molar-refractivity contribution in [3.8, 4) is 11.3 Å². The predicted octanol–water partition coefficient (Wildman–Crippen LogP) is 1.75. The van der Waals surface area contributed by atoms with Crippen LogP contribution < -0.4 is 0 Å². The van der Waals surface area contributed by atoms with Crippen LogP contribution in [-0.4, -0.2) is 36.2 Å². The molecule has 110 valence electrons. The molecule has 0 unspecified atom stereocenters. The smallest absolute Gasteiger partial charge is 0.340 e. The summed E-state index contributed by atoms with van der Waals surface area (Å²) in [4.78, 5) is 26.9. The van der Waals surface area contributed by atoms with Crippen molar-refractivity contribution in [1.29, 1.82) is 0 Å². The van der Waals surface area contributed by atoms with Crippen LogP contribution in [0.4, 0.5) is 0 Å². The topological polar surface area (TPSA) is 88.6 Å². The summed E-state index contributed by atoms with van der Waals surface area (Å²) in [5.74, 6) is -1.39. The Labute approximate surface area is 121 Å². The summed E-state index contributed by atoms with van der Waals surface area (Å²) < 4.78 is 9.43. The van der Waals surface area contributed by atoms with Crippen molar-refractivity contribution < 1.29 is 24.2 Å². The summed E-state index contributed by atoms with van der Waals surface area (Å²) in [6.07, 6.45) is 0. The Morgan fingerprint density at radius 3 is 2.14 bits per heavy atom. The van der Waals surface area contributed by atoms with Crippen molar-refractivity contribution in [2.45, 2.75) is 6.61 Å². The molecule has 0 aliphatic carbocycles. The lowest BCUT2D eigenvalue weighted by molar-refractivity contribution is 0.0555. The maximum atomic E-state index is 12.0. The standard InChI is InChI=1S/C15H15NO5/c1-20-14(18)11-10(8-17)16-13(12(11)15(19)21-2)9-6-4-3-5-7-9/h3-7,16-17H,8H2,1-2H3. The monoisotopic (exact) mass is 289 g/mol. The van der Waals surface area contributed by atoms with Gasteiger partial charge in [0.25, 0.3) is 0 Å². The van der Waals surface area contributed by atoms with Crippen molar-refractivity contribution in [2.75, 3.05) is 14.2 Å². The largest absolute Gasteiger partial charge is 0.465 e. The third-order valence-electron chi connectivity index (χ3n) is 3.08. The van der Waals surface area contributed by atoms with E-state index in [1.54, 1.807) is 24.3 Å². The van der Waals surface area contributed by atoms with E-state index in [1.807, 2.05) is 6.07 Å². The van der Waals surface area contributed by atoms with E-state index in [0.717, 1.165) is 0 Å². The molecule has 0 saturated heterocycles. The quantitative estimate of drug-likeness (QED) is 0.837. The molecular weight excluding hydrogens is 274 g/mol. The molecule has 21 heavy (non-hydrogen) atoms. The molecule has 0 radical (unpaired) electrons. The number of H-pyrrole nitrogens is 1. The molecule has 1 aromatic heterocycles. The van der Waals surface area contributed by atoms with Gasteiger partial charge in [-0.05, 0) is 5.56 Å². The Hall–Kier alpha value is -2.60. The molecule has 0 bridgehead atoms. The molecule has 0 spiro atoms. The minimum Gasteiger partial charge on any atom is -0.465 e. The zero-order valence-electron chi connectivity index (χ0n) is 11.7. The number of aromatic nitrogens is 1. The highest BCUT2D eigenvalue weighted by atomic mass is 16.5. The average Bonchev–Trinajstić information content (AvgIpc) is 2.93. The van der Waals surface area contributed by atoms with Crippen molar-refractivity contribution >= 4 is 11.9 Å². The van der Waals surface area contributed by atoms with Crippen LogP contribution in [0, 0.1) is 0 Å². The fourth-order valence-corrected chi connectivity index (χ4v) is 2.13. The van der Waals surface area contributed by atoms with Gasteiger partial charge in [-0.1, -0.05) is 30.3 Å². The number of benzene rings is 1. The maximum Gasteiger partial charge on any atom is 0.340 e. The molecule has 2 N–H and O–H groups in total. The first-order chi connectivity index (χ1) is 10.1. The molecule has 6 nitrogen and oxygen atoms in total. The SMILES string of the molecule is COC(=O)c1c(CO)[nH]c(-c2ccccc2)c1C(=O)OC. The van der Waals surface area contributed by atoms with E-state index in [2.05, 4.69) is 9.72 Å². The minimum atomic E-state index is -0.710. The second-order valence-electron chi connectivity index (χ2n) is 4.24. The van der Waals surface area contributed by atoms with E-state index >= 15 is 0 Å². The molecule has 1 aromatic carbocycles. The van der Waals surface area contributed by atoms with E-state index in [-0.39, 0.29) is 16.8 Å². The van der Waals surface area contributed by atoms with Crippen LogP contribution in [0.2, 0.25) is 0 Å². The Morgan fingerprint density at radius 1 is 1.05 bits per heavy atom. The summed E-state index contributed by atoms with van der Waals surface area (Å²) in [7, 11) is 2.43. The normalized spacial score (nSPS) is 10.2. The molecule has 0 atom stereocenters. The number of hydrogen-bond acceptors (Lipinski definition) is 5. The van der Waals surface area contributed by atoms with E-state index in [4.69, 9.17) is 4.74 Å². The Morgan fingerprint density at radius 2 is 1.62 bits per heavy atom. The van der Waals surface area contributed by atoms with Crippen molar-refractivity contribution in [3.63, 3.8) is 0 Å². The van der Waals surface area contributed by atoms with Gasteiger partial charge in [0, 0.05) is 0 Å². The number of carbonyl (C=O) groups excluding carboxylic acids is 2. The molecule has 0 aliphatic rings. The third-order valence-corrected chi connectivity index (χ3v) is 3.08. The van der Waals surface area contributed by atoms with Gasteiger partial charge in [-0.15, -0.1) is 0 Å². The van der Waals surface area contributed by atoms with Crippen LogP contribution in [0.3, 0.4) is 0 Å². The van der Waals surface area contributed by atoms with E-state index in [1.165, 1.54) is 14.2 Å². The van der Waals surface area contributed by atoms with E-state index < -0.39 is 18.5 Å². The number of carbonyl (C=O) groups is 2. The lowest BCUT2D eigenvalue weighted by Crippen LogP contribution is -2.12. The predicted molar refractivity (Wildman–Crippen MR) is 74.8 cm³/mol. The minimum absolute atomic E-state index is 0.00861. The molecule has 0 saturated carbocycles. The summed E-state index contributed by atoms with van der Waals surface area (Å²) >= 11 is 0. The number of hydrogen-bond donors (Lipinski definition) is 2. The number of methoxy groups -OCH3 is 2.